The highest BCUT2D eigenvalue weighted by Crippen LogP contribution is 2.38. The summed E-state index contributed by atoms with van der Waals surface area (Å²) in [6, 6.07) is 18.8. The minimum atomic E-state index is -2.37. The smallest absolute Gasteiger partial charge is 0.349 e. The maximum absolute atomic E-state index is 13.3. The molecule has 0 aliphatic rings. The van der Waals surface area contributed by atoms with Gasteiger partial charge in [0.15, 0.2) is 11.5 Å². The monoisotopic (exact) mass is 753 g/mol. The van der Waals surface area contributed by atoms with Crippen molar-refractivity contribution in [1.29, 1.82) is 0 Å². The number of hydrazine groups is 1. The van der Waals surface area contributed by atoms with Crippen LogP contribution in [0.3, 0.4) is 0 Å². The molecule has 4 aromatic rings. The van der Waals surface area contributed by atoms with Gasteiger partial charge in [0.25, 0.3) is 17.7 Å². The number of nitrogens with one attached hydrogen (secondary N) is 3. The van der Waals surface area contributed by atoms with Gasteiger partial charge in [-0.2, -0.15) is 0 Å². The Morgan fingerprint density at radius 3 is 1.48 bits per heavy atom. The molecule has 4 rings (SSSR count). The van der Waals surface area contributed by atoms with Gasteiger partial charge in [0, 0.05) is 26.9 Å². The van der Waals surface area contributed by atoms with Gasteiger partial charge in [-0.25, -0.2) is 14.4 Å². The fourth-order valence-corrected chi connectivity index (χ4v) is 4.67. The molecule has 0 spiro atoms. The summed E-state index contributed by atoms with van der Waals surface area (Å²) in [5.41, 5.74) is 4.31. The molecule has 0 bridgehead atoms. The van der Waals surface area contributed by atoms with E-state index < -0.39 is 47.8 Å². The van der Waals surface area contributed by atoms with E-state index in [1.807, 2.05) is 5.43 Å². The number of esters is 2. The summed E-state index contributed by atoms with van der Waals surface area (Å²) in [6.45, 7) is 0. The Bertz CT molecular complexity index is 1950. The number of hydrogen-bond acceptors (Lipinski definition) is 11. The van der Waals surface area contributed by atoms with Crippen molar-refractivity contribution in [2.45, 2.75) is 12.2 Å². The van der Waals surface area contributed by atoms with Crippen molar-refractivity contribution in [3.63, 3.8) is 0 Å². The van der Waals surface area contributed by atoms with Crippen LogP contribution in [0.25, 0.3) is 0 Å². The maximum Gasteiger partial charge on any atom is 0.349 e. The lowest BCUT2D eigenvalue weighted by Crippen LogP contribution is -2.54. The van der Waals surface area contributed by atoms with Crippen molar-refractivity contribution < 1.29 is 57.6 Å². The topological polar surface area (TPSA) is 205 Å². The lowest BCUT2D eigenvalue weighted by molar-refractivity contribution is -0.159. The molecule has 0 radical (unpaired) electrons. The van der Waals surface area contributed by atoms with Crippen LogP contribution in [-0.4, -0.2) is 74.3 Å². The lowest BCUT2D eigenvalue weighted by Gasteiger charge is -2.23. The van der Waals surface area contributed by atoms with Crippen LogP contribution in [0.15, 0.2) is 84.9 Å². The van der Waals surface area contributed by atoms with E-state index >= 15 is 0 Å². The van der Waals surface area contributed by atoms with E-state index in [2.05, 4.69) is 10.7 Å². The molecule has 17 heteroatoms. The van der Waals surface area contributed by atoms with Crippen LogP contribution < -0.4 is 30.4 Å². The van der Waals surface area contributed by atoms with Crippen molar-refractivity contribution in [2.75, 3.05) is 26.6 Å². The van der Waals surface area contributed by atoms with Gasteiger partial charge < -0.3 is 34.1 Å². The summed E-state index contributed by atoms with van der Waals surface area (Å²) in [5.74, 6) is -6.14. The SMILES string of the molecule is COc1cc(C(=O)Nc2ccc(C(=O)NNC(=O)[C@@H](OC(=O)c3ccc(Cl)cc3)[C@H](OC(=O)c3ccc(Cl)cc3)C(=O)O)cc2)cc(OC)c1OC. The molecule has 0 unspecified atom stereocenters. The van der Waals surface area contributed by atoms with E-state index in [1.165, 1.54) is 106 Å². The second kappa shape index (κ2) is 17.6. The molecule has 0 heterocycles. The van der Waals surface area contributed by atoms with Gasteiger partial charge in [-0.05, 0) is 84.9 Å². The largest absolute Gasteiger partial charge is 0.493 e. The fraction of sp³-hybridized carbons (Fsp3) is 0.143. The molecular weight excluding hydrogens is 725 g/mol. The van der Waals surface area contributed by atoms with Crippen LogP contribution in [0.1, 0.15) is 41.4 Å². The number of carboxylic acid groups (broad SMARTS) is 1. The van der Waals surface area contributed by atoms with Crippen molar-refractivity contribution in [2.24, 2.45) is 0 Å². The third-order valence-corrected chi connectivity index (χ3v) is 7.54. The average molecular weight is 755 g/mol. The molecule has 4 N–H and O–H groups in total. The fourth-order valence-electron chi connectivity index (χ4n) is 4.42. The molecule has 4 aromatic carbocycles. The zero-order chi connectivity index (χ0) is 37.9. The number of aliphatic carboxylic acids is 1. The summed E-state index contributed by atoms with van der Waals surface area (Å²) in [4.78, 5) is 77.1. The summed E-state index contributed by atoms with van der Waals surface area (Å²) in [5, 5.41) is 13.2. The van der Waals surface area contributed by atoms with Crippen LogP contribution in [0, 0.1) is 0 Å². The first-order valence-corrected chi connectivity index (χ1v) is 15.6. The molecule has 270 valence electrons. The summed E-state index contributed by atoms with van der Waals surface area (Å²) in [6.07, 6.45) is -4.67. The first-order chi connectivity index (χ1) is 24.8. The molecular formula is C35H29Cl2N3O12. The Kier molecular flexibility index (Phi) is 13.0. The van der Waals surface area contributed by atoms with E-state index in [0.717, 1.165) is 0 Å². The van der Waals surface area contributed by atoms with Crippen LogP contribution >= 0.6 is 23.2 Å². The number of carbonyl (C=O) groups is 6. The number of benzene rings is 4. The lowest BCUT2D eigenvalue weighted by atomic mass is 10.1. The van der Waals surface area contributed by atoms with Gasteiger partial charge in [0.1, 0.15) is 0 Å². The van der Waals surface area contributed by atoms with Crippen LogP contribution in [0.4, 0.5) is 5.69 Å². The van der Waals surface area contributed by atoms with E-state index in [0.29, 0.717) is 11.4 Å². The first kappa shape index (κ1) is 38.5. The Hall–Kier alpha value is -6.32. The number of ether oxygens (including phenoxy) is 5. The molecule has 2 atom stereocenters. The second-order valence-corrected chi connectivity index (χ2v) is 11.3. The van der Waals surface area contributed by atoms with E-state index in [9.17, 15) is 33.9 Å². The highest BCUT2D eigenvalue weighted by molar-refractivity contribution is 6.31. The summed E-state index contributed by atoms with van der Waals surface area (Å²) >= 11 is 11.7. The number of rotatable bonds is 13. The molecule has 0 saturated carbocycles. The number of anilines is 1. The molecule has 0 saturated heterocycles. The summed E-state index contributed by atoms with van der Waals surface area (Å²) in [7, 11) is 4.23. The number of methoxy groups -OCH3 is 3. The number of amides is 3. The first-order valence-electron chi connectivity index (χ1n) is 14.8. The third-order valence-electron chi connectivity index (χ3n) is 7.04. The van der Waals surface area contributed by atoms with E-state index in [-0.39, 0.29) is 43.8 Å². The number of hydrogen-bond donors (Lipinski definition) is 4. The van der Waals surface area contributed by atoms with Crippen LogP contribution in [-0.2, 0) is 19.1 Å². The van der Waals surface area contributed by atoms with Gasteiger partial charge in [0.05, 0.1) is 32.5 Å². The van der Waals surface area contributed by atoms with Crippen molar-refractivity contribution in [3.8, 4) is 17.2 Å². The Morgan fingerprint density at radius 2 is 1.04 bits per heavy atom. The van der Waals surface area contributed by atoms with Crippen molar-refractivity contribution in [3.05, 3.63) is 117 Å². The van der Waals surface area contributed by atoms with Gasteiger partial charge in [-0.15, -0.1) is 0 Å². The second-order valence-electron chi connectivity index (χ2n) is 10.4. The van der Waals surface area contributed by atoms with Gasteiger partial charge in [0.2, 0.25) is 18.0 Å². The number of carboxylic acids is 1. The normalized spacial score (nSPS) is 11.6. The van der Waals surface area contributed by atoms with Crippen LogP contribution in [0.2, 0.25) is 10.0 Å². The molecule has 0 aromatic heterocycles. The standard InChI is InChI=1S/C35H29Cl2N3O12/c1-48-25-16-21(17-26(49-2)27(25)50-3)30(41)38-24-14-8-18(9-15-24)31(42)39-40-32(43)28(51-34(46)19-4-10-22(36)11-5-19)29(33(44)45)52-35(47)20-6-12-23(37)13-7-20/h4-17,28-29H,1-3H3,(H,38,41)(H,39,42)(H,40,43)(H,44,45)/t28-,29-/m0/s1. The van der Waals surface area contributed by atoms with Crippen LogP contribution in [0.5, 0.6) is 17.2 Å². The number of halogens is 2. The average Bonchev–Trinajstić information content (AvgIpc) is 3.14. The van der Waals surface area contributed by atoms with Crippen molar-refractivity contribution in [1.82, 2.24) is 10.9 Å². The molecule has 52 heavy (non-hydrogen) atoms. The van der Waals surface area contributed by atoms with Gasteiger partial charge in [-0.1, -0.05) is 23.2 Å². The zero-order valence-corrected chi connectivity index (χ0v) is 28.9. The maximum atomic E-state index is 13.3. The Balaban J connectivity index is 1.47. The highest BCUT2D eigenvalue weighted by atomic mass is 35.5. The number of carbonyl (C=O) groups excluding carboxylic acids is 5. The predicted octanol–water partition coefficient (Wildman–Crippen LogP) is 4.57. The van der Waals surface area contributed by atoms with Crippen molar-refractivity contribution >= 4 is 64.5 Å². The zero-order valence-electron chi connectivity index (χ0n) is 27.4. The Morgan fingerprint density at radius 1 is 0.577 bits per heavy atom. The molecule has 0 aliphatic carbocycles. The van der Waals surface area contributed by atoms with E-state index in [1.54, 1.807) is 0 Å². The Labute approximate surface area is 305 Å². The molecule has 0 aliphatic heterocycles. The van der Waals surface area contributed by atoms with E-state index in [4.69, 9.17) is 46.9 Å². The predicted molar refractivity (Wildman–Crippen MR) is 185 cm³/mol. The molecule has 0 fully saturated rings. The third kappa shape index (κ3) is 9.68. The summed E-state index contributed by atoms with van der Waals surface area (Å²) < 4.78 is 26.1. The van der Waals surface area contributed by atoms with Gasteiger partial charge in [-0.3, -0.25) is 25.2 Å². The minimum Gasteiger partial charge on any atom is -0.493 e. The quantitative estimate of drug-likeness (QED) is 0.110. The molecule has 15 nitrogen and oxygen atoms in total. The minimum absolute atomic E-state index is 0.00950. The van der Waals surface area contributed by atoms with Gasteiger partial charge >= 0.3 is 17.9 Å². The highest BCUT2D eigenvalue weighted by Gasteiger charge is 2.41. The molecule has 3 amide bonds.